The molecule has 0 N–H and O–H groups in total. The molecule has 0 bridgehead atoms. The number of rotatable bonds is 1. The summed E-state index contributed by atoms with van der Waals surface area (Å²) in [5.41, 5.74) is 0. The lowest BCUT2D eigenvalue weighted by Gasteiger charge is -2.09. The van der Waals surface area contributed by atoms with Gasteiger partial charge in [0.05, 0.1) is 7.11 Å². The van der Waals surface area contributed by atoms with Gasteiger partial charge in [-0.25, -0.2) is 0 Å². The van der Waals surface area contributed by atoms with Gasteiger partial charge in [0.2, 0.25) is 0 Å². The lowest BCUT2D eigenvalue weighted by atomic mass is 10.1. The van der Waals surface area contributed by atoms with E-state index in [9.17, 15) is 0 Å². The number of hydrogen-bond donors (Lipinski definition) is 0. The third-order valence-corrected chi connectivity index (χ3v) is 3.97. The van der Waals surface area contributed by atoms with Gasteiger partial charge >= 0.3 is 0 Å². The lowest BCUT2D eigenvalue weighted by Crippen LogP contribution is -1.87. The van der Waals surface area contributed by atoms with Crippen molar-refractivity contribution in [1.82, 2.24) is 0 Å². The van der Waals surface area contributed by atoms with Crippen molar-refractivity contribution in [3.63, 3.8) is 0 Å². The molecule has 0 aliphatic heterocycles. The second-order valence-corrected chi connectivity index (χ2v) is 5.68. The van der Waals surface area contributed by atoms with Crippen LogP contribution in [-0.4, -0.2) is 7.11 Å². The minimum absolute atomic E-state index is 0.854. The summed E-state index contributed by atoms with van der Waals surface area (Å²) < 4.78 is 8.46. The standard InChI is InChI=1S/C11H7Br3O/c1-15-10-5-6(12)4-7-8(13)2-3-9(14)11(7)10/h2-5H,1H3. The number of benzene rings is 2. The van der Waals surface area contributed by atoms with Crippen LogP contribution in [0.15, 0.2) is 37.7 Å². The highest BCUT2D eigenvalue weighted by Gasteiger charge is 2.09. The van der Waals surface area contributed by atoms with E-state index in [4.69, 9.17) is 4.74 Å². The SMILES string of the molecule is COc1cc(Br)cc2c(Br)ccc(Br)c12. The minimum atomic E-state index is 0.854. The molecule has 0 unspecified atom stereocenters. The van der Waals surface area contributed by atoms with Gasteiger partial charge in [-0.15, -0.1) is 0 Å². The molecule has 2 aromatic carbocycles. The molecule has 0 saturated carbocycles. The zero-order valence-electron chi connectivity index (χ0n) is 7.85. The fourth-order valence-electron chi connectivity index (χ4n) is 1.50. The Bertz CT molecular complexity index is 523. The van der Waals surface area contributed by atoms with E-state index in [1.54, 1.807) is 7.11 Å². The second kappa shape index (κ2) is 4.44. The normalized spacial score (nSPS) is 10.7. The first-order valence-corrected chi connectivity index (χ1v) is 6.62. The number of hydrogen-bond acceptors (Lipinski definition) is 1. The Morgan fingerprint density at radius 3 is 2.33 bits per heavy atom. The molecule has 0 spiro atoms. The summed E-state index contributed by atoms with van der Waals surface area (Å²) in [6, 6.07) is 8.04. The largest absolute Gasteiger partial charge is 0.496 e. The Morgan fingerprint density at radius 2 is 1.67 bits per heavy atom. The Kier molecular flexibility index (Phi) is 3.38. The average Bonchev–Trinajstić information content (AvgIpc) is 2.22. The first-order chi connectivity index (χ1) is 7.13. The molecule has 0 heterocycles. The molecule has 0 radical (unpaired) electrons. The summed E-state index contributed by atoms with van der Waals surface area (Å²) in [5.74, 6) is 0.854. The Labute approximate surface area is 113 Å². The van der Waals surface area contributed by atoms with Crippen LogP contribution in [-0.2, 0) is 0 Å². The van der Waals surface area contributed by atoms with Gasteiger partial charge in [-0.3, -0.25) is 0 Å². The van der Waals surface area contributed by atoms with Crippen molar-refractivity contribution in [2.45, 2.75) is 0 Å². The highest BCUT2D eigenvalue weighted by atomic mass is 79.9. The molecule has 0 atom stereocenters. The third kappa shape index (κ3) is 2.08. The predicted molar refractivity (Wildman–Crippen MR) is 73.6 cm³/mol. The maximum Gasteiger partial charge on any atom is 0.128 e. The Morgan fingerprint density at radius 1 is 1.00 bits per heavy atom. The number of ether oxygens (including phenoxy) is 1. The third-order valence-electron chi connectivity index (χ3n) is 2.16. The average molecular weight is 395 g/mol. The first-order valence-electron chi connectivity index (χ1n) is 4.24. The van der Waals surface area contributed by atoms with Gasteiger partial charge in [-0.05, 0) is 24.3 Å². The number of methoxy groups -OCH3 is 1. The molecule has 78 valence electrons. The van der Waals surface area contributed by atoms with Crippen molar-refractivity contribution in [2.75, 3.05) is 7.11 Å². The molecule has 2 aromatic rings. The summed E-state index contributed by atoms with van der Waals surface area (Å²) >= 11 is 10.5. The van der Waals surface area contributed by atoms with E-state index < -0.39 is 0 Å². The van der Waals surface area contributed by atoms with Gasteiger partial charge in [0.15, 0.2) is 0 Å². The monoisotopic (exact) mass is 392 g/mol. The molecule has 2 rings (SSSR count). The van der Waals surface area contributed by atoms with Crippen molar-refractivity contribution in [1.29, 1.82) is 0 Å². The quantitative estimate of drug-likeness (QED) is 0.651. The van der Waals surface area contributed by atoms with E-state index in [0.717, 1.165) is 29.9 Å². The molecule has 0 aromatic heterocycles. The van der Waals surface area contributed by atoms with Crippen LogP contribution in [0.1, 0.15) is 0 Å². The van der Waals surface area contributed by atoms with Crippen molar-refractivity contribution >= 4 is 58.6 Å². The lowest BCUT2D eigenvalue weighted by molar-refractivity contribution is 0.419. The molecule has 0 saturated heterocycles. The van der Waals surface area contributed by atoms with Crippen molar-refractivity contribution in [3.8, 4) is 5.75 Å². The summed E-state index contributed by atoms with van der Waals surface area (Å²) in [4.78, 5) is 0. The van der Waals surface area contributed by atoms with Crippen LogP contribution >= 0.6 is 47.8 Å². The molecule has 0 aliphatic rings. The van der Waals surface area contributed by atoms with Crippen molar-refractivity contribution in [2.24, 2.45) is 0 Å². The molecule has 0 amide bonds. The van der Waals surface area contributed by atoms with E-state index in [2.05, 4.69) is 53.9 Å². The number of halogens is 3. The van der Waals surface area contributed by atoms with Crippen molar-refractivity contribution in [3.05, 3.63) is 37.7 Å². The minimum Gasteiger partial charge on any atom is -0.496 e. The fraction of sp³-hybridized carbons (Fsp3) is 0.0909. The van der Waals surface area contributed by atoms with E-state index in [1.165, 1.54) is 0 Å². The highest BCUT2D eigenvalue weighted by molar-refractivity contribution is 9.11. The Balaban J connectivity index is 2.95. The molecule has 0 fully saturated rings. The van der Waals surface area contributed by atoms with Crippen LogP contribution in [0.2, 0.25) is 0 Å². The summed E-state index contributed by atoms with van der Waals surface area (Å²) in [6.45, 7) is 0. The van der Waals surface area contributed by atoms with Crippen LogP contribution in [0.4, 0.5) is 0 Å². The van der Waals surface area contributed by atoms with E-state index in [-0.39, 0.29) is 0 Å². The topological polar surface area (TPSA) is 9.23 Å². The van der Waals surface area contributed by atoms with Crippen LogP contribution < -0.4 is 4.74 Å². The van der Waals surface area contributed by atoms with E-state index in [1.807, 2.05) is 18.2 Å². The van der Waals surface area contributed by atoms with Gasteiger partial charge in [0, 0.05) is 24.2 Å². The summed E-state index contributed by atoms with van der Waals surface area (Å²) in [5, 5.41) is 2.20. The zero-order chi connectivity index (χ0) is 11.0. The van der Waals surface area contributed by atoms with Gasteiger partial charge in [0.1, 0.15) is 5.75 Å². The second-order valence-electron chi connectivity index (χ2n) is 3.06. The smallest absolute Gasteiger partial charge is 0.128 e. The molecule has 1 nitrogen and oxygen atoms in total. The van der Waals surface area contributed by atoms with Crippen LogP contribution in [0.5, 0.6) is 5.75 Å². The molecular weight excluding hydrogens is 388 g/mol. The predicted octanol–water partition coefficient (Wildman–Crippen LogP) is 5.14. The van der Waals surface area contributed by atoms with Crippen LogP contribution in [0.3, 0.4) is 0 Å². The maximum absolute atomic E-state index is 5.36. The van der Waals surface area contributed by atoms with E-state index in [0.29, 0.717) is 0 Å². The highest BCUT2D eigenvalue weighted by Crippen LogP contribution is 2.38. The van der Waals surface area contributed by atoms with Gasteiger partial charge in [-0.1, -0.05) is 47.8 Å². The summed E-state index contributed by atoms with van der Waals surface area (Å²) in [7, 11) is 1.68. The van der Waals surface area contributed by atoms with Gasteiger partial charge < -0.3 is 4.74 Å². The summed E-state index contributed by atoms with van der Waals surface area (Å²) in [6.07, 6.45) is 0. The van der Waals surface area contributed by atoms with Gasteiger partial charge in [-0.2, -0.15) is 0 Å². The number of fused-ring (bicyclic) bond motifs is 1. The van der Waals surface area contributed by atoms with Crippen molar-refractivity contribution < 1.29 is 4.74 Å². The van der Waals surface area contributed by atoms with Crippen LogP contribution in [0.25, 0.3) is 10.8 Å². The fourth-order valence-corrected chi connectivity index (χ4v) is 2.92. The van der Waals surface area contributed by atoms with Gasteiger partial charge in [0.25, 0.3) is 0 Å². The Hall–Kier alpha value is -0.0600. The molecule has 4 heteroatoms. The molecular formula is C11H7Br3O. The van der Waals surface area contributed by atoms with Crippen LogP contribution in [0, 0.1) is 0 Å². The molecule has 0 aliphatic carbocycles. The first kappa shape index (κ1) is 11.4. The zero-order valence-corrected chi connectivity index (χ0v) is 12.6. The molecule has 15 heavy (non-hydrogen) atoms. The van der Waals surface area contributed by atoms with E-state index >= 15 is 0 Å². The maximum atomic E-state index is 5.36.